The minimum atomic E-state index is -0.539. The zero-order chi connectivity index (χ0) is 19.7. The highest BCUT2D eigenvalue weighted by atomic mass is 32.1. The Labute approximate surface area is 167 Å². The maximum Gasteiger partial charge on any atom is 0.270 e. The van der Waals surface area contributed by atoms with Crippen LogP contribution in [0.5, 0.6) is 0 Å². The molecule has 2 aliphatic heterocycles. The number of carbonyl (C=O) groups is 2. The predicted molar refractivity (Wildman–Crippen MR) is 109 cm³/mol. The molecule has 0 saturated carbocycles. The molecular formula is C20H19N3O4S. The van der Waals surface area contributed by atoms with E-state index in [0.29, 0.717) is 30.5 Å². The van der Waals surface area contributed by atoms with Crippen molar-refractivity contribution in [2.75, 3.05) is 36.1 Å². The van der Waals surface area contributed by atoms with Crippen LogP contribution < -0.4 is 15.1 Å². The summed E-state index contributed by atoms with van der Waals surface area (Å²) in [7, 11) is 0. The number of aryl methyl sites for hydroxylation is 1. The van der Waals surface area contributed by atoms with Crippen LogP contribution in [0.2, 0.25) is 0 Å². The lowest BCUT2D eigenvalue weighted by atomic mass is 10.1. The third kappa shape index (κ3) is 3.56. The summed E-state index contributed by atoms with van der Waals surface area (Å²) in [6.45, 7) is 4.67. The second kappa shape index (κ2) is 7.57. The van der Waals surface area contributed by atoms with E-state index in [4.69, 9.17) is 21.4 Å². The molecule has 8 heteroatoms. The third-order valence-electron chi connectivity index (χ3n) is 4.58. The predicted octanol–water partition coefficient (Wildman–Crippen LogP) is 2.26. The number of nitrogens with zero attached hydrogens (tertiary/aromatic N) is 2. The van der Waals surface area contributed by atoms with E-state index in [9.17, 15) is 9.59 Å². The quantitative estimate of drug-likeness (QED) is 0.487. The summed E-state index contributed by atoms with van der Waals surface area (Å²) in [4.78, 5) is 28.8. The molecule has 3 heterocycles. The summed E-state index contributed by atoms with van der Waals surface area (Å²) < 4.78 is 11.2. The van der Waals surface area contributed by atoms with Gasteiger partial charge in [0, 0.05) is 19.2 Å². The van der Waals surface area contributed by atoms with Crippen LogP contribution in [0.4, 0.5) is 11.6 Å². The van der Waals surface area contributed by atoms with Crippen molar-refractivity contribution >= 4 is 46.8 Å². The Morgan fingerprint density at radius 2 is 1.93 bits per heavy atom. The van der Waals surface area contributed by atoms with E-state index in [1.807, 2.05) is 31.2 Å². The Morgan fingerprint density at radius 1 is 1.14 bits per heavy atom. The number of ether oxygens (including phenoxy) is 1. The molecule has 2 aliphatic rings. The number of rotatable bonds is 3. The van der Waals surface area contributed by atoms with Gasteiger partial charge in [0.15, 0.2) is 11.0 Å². The van der Waals surface area contributed by atoms with Crippen molar-refractivity contribution in [3.63, 3.8) is 0 Å². The van der Waals surface area contributed by atoms with Crippen molar-refractivity contribution in [3.8, 4) is 0 Å². The molecule has 1 aromatic carbocycles. The van der Waals surface area contributed by atoms with E-state index < -0.39 is 11.8 Å². The van der Waals surface area contributed by atoms with Gasteiger partial charge in [-0.3, -0.25) is 19.8 Å². The molecule has 2 aromatic rings. The molecule has 0 radical (unpaired) electrons. The lowest BCUT2D eigenvalue weighted by molar-refractivity contribution is -0.122. The molecule has 0 bridgehead atoms. The Balaban J connectivity index is 1.63. The zero-order valence-electron chi connectivity index (χ0n) is 15.3. The van der Waals surface area contributed by atoms with Crippen molar-refractivity contribution in [2.45, 2.75) is 6.92 Å². The van der Waals surface area contributed by atoms with Gasteiger partial charge in [-0.05, 0) is 49.0 Å². The summed E-state index contributed by atoms with van der Waals surface area (Å²) in [5.41, 5.74) is 1.56. The van der Waals surface area contributed by atoms with Crippen molar-refractivity contribution in [1.29, 1.82) is 0 Å². The number of carbonyl (C=O) groups excluding carboxylic acids is 2. The molecule has 28 heavy (non-hydrogen) atoms. The summed E-state index contributed by atoms with van der Waals surface area (Å²) in [5, 5.41) is 2.64. The normalized spacial score (nSPS) is 19.3. The first-order valence-corrected chi connectivity index (χ1v) is 9.34. The molecule has 144 valence electrons. The average molecular weight is 397 g/mol. The Morgan fingerprint density at radius 3 is 2.68 bits per heavy atom. The number of anilines is 2. The minimum absolute atomic E-state index is 0.0296. The van der Waals surface area contributed by atoms with Crippen LogP contribution in [0, 0.1) is 6.92 Å². The number of nitrogens with one attached hydrogen (secondary N) is 1. The van der Waals surface area contributed by atoms with E-state index in [1.165, 1.54) is 11.0 Å². The number of furan rings is 1. The highest BCUT2D eigenvalue weighted by Crippen LogP contribution is 2.25. The number of hydrogen-bond acceptors (Lipinski definition) is 6. The topological polar surface area (TPSA) is 75.0 Å². The SMILES string of the molecule is Cc1cccc(N2C(=O)C(=Cc3ccc(N4CCOCC4)o3)C(=O)NC2=S)c1. The second-order valence-electron chi connectivity index (χ2n) is 6.57. The largest absolute Gasteiger partial charge is 0.441 e. The molecule has 4 rings (SSSR count). The molecule has 2 amide bonds. The van der Waals surface area contributed by atoms with Crippen molar-refractivity contribution in [1.82, 2.24) is 5.32 Å². The first-order chi connectivity index (χ1) is 13.5. The van der Waals surface area contributed by atoms with Gasteiger partial charge in [0.1, 0.15) is 11.3 Å². The maximum atomic E-state index is 13.0. The lowest BCUT2D eigenvalue weighted by Crippen LogP contribution is -2.54. The Bertz CT molecular complexity index is 975. The van der Waals surface area contributed by atoms with E-state index in [0.717, 1.165) is 18.7 Å². The Kier molecular flexibility index (Phi) is 4.97. The maximum absolute atomic E-state index is 13.0. The molecular weight excluding hydrogens is 378 g/mol. The average Bonchev–Trinajstić information content (AvgIpc) is 3.14. The molecule has 2 saturated heterocycles. The molecule has 2 fully saturated rings. The van der Waals surface area contributed by atoms with Crippen LogP contribution in [-0.4, -0.2) is 43.2 Å². The lowest BCUT2D eigenvalue weighted by Gasteiger charge is -2.29. The van der Waals surface area contributed by atoms with Gasteiger partial charge in [0.25, 0.3) is 11.8 Å². The van der Waals surface area contributed by atoms with E-state index in [-0.39, 0.29) is 10.7 Å². The fourth-order valence-electron chi connectivity index (χ4n) is 3.17. The van der Waals surface area contributed by atoms with Crippen LogP contribution in [0.3, 0.4) is 0 Å². The smallest absolute Gasteiger partial charge is 0.270 e. The molecule has 0 unspecified atom stereocenters. The number of hydrogen-bond donors (Lipinski definition) is 1. The fraction of sp³-hybridized carbons (Fsp3) is 0.250. The van der Waals surface area contributed by atoms with Gasteiger partial charge in [-0.1, -0.05) is 12.1 Å². The van der Waals surface area contributed by atoms with Gasteiger partial charge in [0.05, 0.1) is 18.9 Å². The van der Waals surface area contributed by atoms with Crippen LogP contribution in [-0.2, 0) is 14.3 Å². The number of thiocarbonyl (C=S) groups is 1. The van der Waals surface area contributed by atoms with Gasteiger partial charge in [-0.2, -0.15) is 0 Å². The highest BCUT2D eigenvalue weighted by Gasteiger charge is 2.34. The standard InChI is InChI=1S/C20H19N3O4S/c1-13-3-2-4-14(11-13)23-19(25)16(18(24)21-20(23)28)12-15-5-6-17(27-15)22-7-9-26-10-8-22/h2-6,11-12H,7-10H2,1H3,(H,21,24,28). The van der Waals surface area contributed by atoms with Crippen molar-refractivity contribution in [2.24, 2.45) is 0 Å². The van der Waals surface area contributed by atoms with Gasteiger partial charge in [0.2, 0.25) is 0 Å². The van der Waals surface area contributed by atoms with Gasteiger partial charge in [-0.25, -0.2) is 0 Å². The van der Waals surface area contributed by atoms with E-state index in [2.05, 4.69) is 10.2 Å². The second-order valence-corrected chi connectivity index (χ2v) is 6.96. The monoisotopic (exact) mass is 397 g/mol. The van der Waals surface area contributed by atoms with Crippen LogP contribution >= 0.6 is 12.2 Å². The summed E-state index contributed by atoms with van der Waals surface area (Å²) >= 11 is 5.22. The zero-order valence-corrected chi connectivity index (χ0v) is 16.1. The first-order valence-electron chi connectivity index (χ1n) is 8.93. The van der Waals surface area contributed by atoms with Crippen molar-refractivity contribution in [3.05, 3.63) is 53.3 Å². The molecule has 0 atom stereocenters. The fourth-order valence-corrected chi connectivity index (χ4v) is 3.46. The minimum Gasteiger partial charge on any atom is -0.441 e. The molecule has 0 spiro atoms. The van der Waals surface area contributed by atoms with Crippen LogP contribution in [0.25, 0.3) is 6.08 Å². The summed E-state index contributed by atoms with van der Waals surface area (Å²) in [6.07, 6.45) is 1.45. The molecule has 1 N–H and O–H groups in total. The van der Waals surface area contributed by atoms with Crippen LogP contribution in [0.1, 0.15) is 11.3 Å². The van der Waals surface area contributed by atoms with E-state index in [1.54, 1.807) is 12.1 Å². The van der Waals surface area contributed by atoms with Gasteiger partial charge < -0.3 is 14.1 Å². The first kappa shape index (κ1) is 18.4. The Hall–Kier alpha value is -2.97. The number of benzene rings is 1. The molecule has 0 aliphatic carbocycles. The summed E-state index contributed by atoms with van der Waals surface area (Å²) in [5.74, 6) is 0.0915. The van der Waals surface area contributed by atoms with Crippen molar-refractivity contribution < 1.29 is 18.7 Å². The third-order valence-corrected chi connectivity index (χ3v) is 4.87. The van der Waals surface area contributed by atoms with E-state index >= 15 is 0 Å². The van der Waals surface area contributed by atoms with Gasteiger partial charge in [-0.15, -0.1) is 0 Å². The molecule has 1 aromatic heterocycles. The highest BCUT2D eigenvalue weighted by molar-refractivity contribution is 7.80. The van der Waals surface area contributed by atoms with Crippen LogP contribution in [0.15, 0.2) is 46.4 Å². The van der Waals surface area contributed by atoms with Gasteiger partial charge >= 0.3 is 0 Å². The number of morpholine rings is 1. The number of amides is 2. The molecule has 7 nitrogen and oxygen atoms in total. The summed E-state index contributed by atoms with van der Waals surface area (Å²) in [6, 6.07) is 10.9.